The average Bonchev–Trinajstić information content (AvgIpc) is 1.69. The smallest absolute Gasteiger partial charge is 0.187 e. The van der Waals surface area contributed by atoms with Crippen molar-refractivity contribution in [2.24, 2.45) is 0 Å². The second-order valence-corrected chi connectivity index (χ2v) is 0.959. The second-order valence-electron chi connectivity index (χ2n) is 0.959. The van der Waals surface area contributed by atoms with Crippen molar-refractivity contribution in [1.82, 2.24) is 10.8 Å². The molecule has 0 amide bonds. The van der Waals surface area contributed by atoms with Gasteiger partial charge >= 0.3 is 0 Å². The largest absolute Gasteiger partial charge is 0.309 e. The van der Waals surface area contributed by atoms with Crippen molar-refractivity contribution in [3.63, 3.8) is 0 Å². The Balaban J connectivity index is 2.49. The molecule has 2 nitrogen and oxygen atoms in total. The molecule has 0 aromatic rings. The molecule has 1 aliphatic heterocycles. The molecular weight excluding hydrogens is 76.1 g/mol. The summed E-state index contributed by atoms with van der Waals surface area (Å²) < 4.78 is 6.86. The van der Waals surface area contributed by atoms with Crippen LogP contribution < -0.4 is 10.8 Å². The van der Waals surface area contributed by atoms with Crippen LogP contribution in [0.3, 0.4) is 0 Å². The van der Waals surface area contributed by atoms with Gasteiger partial charge in [0, 0.05) is 12.4 Å². The molecule has 0 atom stereocenters. The van der Waals surface area contributed by atoms with Crippen LogP contribution in [-0.2, 0) is 0 Å². The van der Waals surface area contributed by atoms with Crippen LogP contribution in [-0.4, -0.2) is 0 Å². The molecule has 0 aromatic heterocycles. The van der Waals surface area contributed by atoms with Gasteiger partial charge < -0.3 is 10.8 Å². The molecule has 0 unspecified atom stereocenters. The van der Waals surface area contributed by atoms with Crippen LogP contribution >= 0.6 is 0 Å². The first-order chi connectivity index (χ1) is 3.39. The molecule has 2 heteroatoms. The van der Waals surface area contributed by atoms with Gasteiger partial charge in [0.15, 0.2) is 1.41 Å². The lowest BCUT2D eigenvalue weighted by atomic mass is 10.5. The molecule has 32 valence electrons. The highest BCUT2D eigenvalue weighted by atomic mass is 15.3. The van der Waals surface area contributed by atoms with Crippen molar-refractivity contribution in [3.8, 4) is 0 Å². The number of hydrogen-bond donors (Lipinski definition) is 2. The fourth-order valence-corrected chi connectivity index (χ4v) is 0.277. The lowest BCUT2D eigenvalue weighted by molar-refractivity contribution is 0.767. The Morgan fingerprint density at radius 3 is 2.50 bits per heavy atom. The molecule has 6 heavy (non-hydrogen) atoms. The predicted octanol–water partition coefficient (Wildman–Crippen LogP) is 0.122. The summed E-state index contributed by atoms with van der Waals surface area (Å²) in [6.07, 6.45) is 6.90. The highest BCUT2D eigenvalue weighted by Gasteiger charge is 1.70. The molecule has 1 aliphatic rings. The summed E-state index contributed by atoms with van der Waals surface area (Å²) >= 11 is 0. The highest BCUT2D eigenvalue weighted by molar-refractivity contribution is 5.03. The number of hydrogen-bond acceptors (Lipinski definition) is 2. The van der Waals surface area contributed by atoms with E-state index < -0.39 is 0 Å². The first kappa shape index (κ1) is 2.29. The maximum absolute atomic E-state index is 6.86. The Morgan fingerprint density at radius 1 is 1.33 bits per heavy atom. The van der Waals surface area contributed by atoms with Crippen molar-refractivity contribution in [3.05, 3.63) is 24.6 Å². The van der Waals surface area contributed by atoms with Crippen molar-refractivity contribution in [2.45, 2.75) is 0 Å². The average molecular weight is 83.1 g/mol. The molecule has 0 saturated heterocycles. The second kappa shape index (κ2) is 1.50. The van der Waals surface area contributed by atoms with Gasteiger partial charge in [-0.05, 0) is 12.2 Å². The molecule has 0 saturated carbocycles. The first-order valence-corrected chi connectivity index (χ1v) is 1.77. The van der Waals surface area contributed by atoms with Gasteiger partial charge in [-0.3, -0.25) is 0 Å². The zero-order chi connectivity index (χ0) is 5.11. The van der Waals surface area contributed by atoms with Crippen molar-refractivity contribution < 1.29 is 1.41 Å². The van der Waals surface area contributed by atoms with Gasteiger partial charge in [0.25, 0.3) is 0 Å². The monoisotopic (exact) mass is 83.1 g/mol. The lowest BCUT2D eigenvalue weighted by Crippen LogP contribution is -2.21. The SMILES string of the molecule is [2H]N1C=CC=CN1. The van der Waals surface area contributed by atoms with E-state index in [-0.39, 0.29) is 0 Å². The summed E-state index contributed by atoms with van der Waals surface area (Å²) in [5.41, 5.74) is 3.74. The standard InChI is InChI=1S/C4H6N2/c1-2-4-6-5-3-1/h1-6H/i/hD. The maximum Gasteiger partial charge on any atom is 0.187 e. The van der Waals surface area contributed by atoms with E-state index >= 15 is 0 Å². The van der Waals surface area contributed by atoms with Crippen LogP contribution in [0.4, 0.5) is 0 Å². The van der Waals surface area contributed by atoms with Crippen molar-refractivity contribution in [1.29, 1.82) is 0 Å². The van der Waals surface area contributed by atoms with E-state index in [0.29, 0.717) is 0 Å². The van der Waals surface area contributed by atoms with E-state index in [1.54, 1.807) is 18.5 Å². The summed E-state index contributed by atoms with van der Waals surface area (Å²) in [4.78, 5) is 0. The summed E-state index contributed by atoms with van der Waals surface area (Å²) in [5, 5.41) is 0. The summed E-state index contributed by atoms with van der Waals surface area (Å²) in [6, 6.07) is 0. The van der Waals surface area contributed by atoms with Crippen molar-refractivity contribution >= 4 is 0 Å². The Morgan fingerprint density at radius 2 is 2.17 bits per heavy atom. The summed E-state index contributed by atoms with van der Waals surface area (Å²) in [6.45, 7) is 0. The van der Waals surface area contributed by atoms with Gasteiger partial charge in [-0.1, -0.05) is 0 Å². The van der Waals surface area contributed by atoms with Crippen LogP contribution in [0.15, 0.2) is 24.6 Å². The quantitative estimate of drug-likeness (QED) is 0.434. The van der Waals surface area contributed by atoms with Gasteiger partial charge in [0.2, 0.25) is 0 Å². The van der Waals surface area contributed by atoms with Crippen LogP contribution in [0.5, 0.6) is 0 Å². The zero-order valence-electron chi connectivity index (χ0n) is 4.26. The van der Waals surface area contributed by atoms with E-state index in [9.17, 15) is 0 Å². The number of nitrogens with one attached hydrogen (secondary N) is 2. The fourth-order valence-electron chi connectivity index (χ4n) is 0.277. The van der Waals surface area contributed by atoms with E-state index in [0.717, 1.165) is 5.42 Å². The predicted molar refractivity (Wildman–Crippen MR) is 24.6 cm³/mol. The minimum absolute atomic E-state index is 1.12. The van der Waals surface area contributed by atoms with Crippen LogP contribution in [0.25, 0.3) is 0 Å². The Hall–Kier alpha value is -0.920. The molecule has 0 aromatic carbocycles. The van der Waals surface area contributed by atoms with Crippen molar-refractivity contribution in [2.75, 3.05) is 0 Å². The van der Waals surface area contributed by atoms with Gasteiger partial charge in [-0.15, -0.1) is 0 Å². The number of hydrazine groups is 1. The molecule has 0 aliphatic carbocycles. The minimum Gasteiger partial charge on any atom is -0.309 e. The fraction of sp³-hybridized carbons (Fsp3) is 0. The Bertz CT molecular complexity index is 108. The zero-order valence-corrected chi connectivity index (χ0v) is 3.26. The molecule has 1 rings (SSSR count). The highest BCUT2D eigenvalue weighted by Crippen LogP contribution is 1.73. The van der Waals surface area contributed by atoms with Crippen LogP contribution in [0.1, 0.15) is 0 Å². The van der Waals surface area contributed by atoms with Gasteiger partial charge in [0.1, 0.15) is 0 Å². The van der Waals surface area contributed by atoms with Crippen LogP contribution in [0, 0.1) is 0 Å². The maximum atomic E-state index is 6.86. The van der Waals surface area contributed by atoms with E-state index in [1.165, 1.54) is 0 Å². The third kappa shape index (κ3) is 0.516. The lowest BCUT2D eigenvalue weighted by Gasteiger charge is -1.99. The third-order valence-electron chi connectivity index (χ3n) is 0.517. The molecule has 0 spiro atoms. The summed E-state index contributed by atoms with van der Waals surface area (Å²) in [5.74, 6) is 0. The Labute approximate surface area is 38.0 Å². The number of rotatable bonds is 0. The Kier molecular flexibility index (Phi) is 0.572. The van der Waals surface area contributed by atoms with E-state index in [4.69, 9.17) is 1.41 Å². The minimum atomic E-state index is 1.12. The normalized spacial score (nSPS) is 20.0. The van der Waals surface area contributed by atoms with E-state index in [1.807, 2.05) is 6.08 Å². The summed E-state index contributed by atoms with van der Waals surface area (Å²) in [7, 11) is 0. The molecule has 0 fully saturated rings. The number of allylic oxidation sites excluding steroid dienone is 2. The molecule has 0 bridgehead atoms. The van der Waals surface area contributed by atoms with Gasteiger partial charge in [0.05, 0.1) is 0 Å². The molecular formula is C4H6N2. The molecule has 2 N–H and O–H groups in total. The van der Waals surface area contributed by atoms with Gasteiger partial charge in [-0.2, -0.15) is 0 Å². The molecule has 0 radical (unpaired) electrons. The molecule has 1 heterocycles. The van der Waals surface area contributed by atoms with Crippen LogP contribution in [0.2, 0.25) is 1.41 Å². The topological polar surface area (TPSA) is 24.1 Å². The van der Waals surface area contributed by atoms with Gasteiger partial charge in [-0.25, -0.2) is 0 Å². The first-order valence-electron chi connectivity index (χ1n) is 2.22. The van der Waals surface area contributed by atoms with E-state index in [2.05, 4.69) is 5.43 Å². The third-order valence-corrected chi connectivity index (χ3v) is 0.517.